The number of anilines is 1. The molecule has 1 amide bonds. The lowest BCUT2D eigenvalue weighted by atomic mass is 10.0. The van der Waals surface area contributed by atoms with E-state index in [0.29, 0.717) is 0 Å². The van der Waals surface area contributed by atoms with Crippen molar-refractivity contribution in [2.24, 2.45) is 0 Å². The van der Waals surface area contributed by atoms with Crippen molar-refractivity contribution in [3.8, 4) is 0 Å². The molecule has 2 fully saturated rings. The average molecular weight is 308 g/mol. The van der Waals surface area contributed by atoms with Gasteiger partial charge >= 0.3 is 0 Å². The van der Waals surface area contributed by atoms with Crippen molar-refractivity contribution in [1.82, 2.24) is 10.2 Å². The van der Waals surface area contributed by atoms with Gasteiger partial charge in [-0.25, -0.2) is 0 Å². The Kier molecular flexibility index (Phi) is 4.66. The standard InChI is InChI=1S/C16H22ClN3O/c17-13-4-3-5-14(12-13)19-8-10-20(11-9-19)16(21)15-6-1-2-7-18-15/h3-5,12,15,18H,1-2,6-11H2. The van der Waals surface area contributed by atoms with Gasteiger partial charge in [0.2, 0.25) is 5.91 Å². The lowest BCUT2D eigenvalue weighted by molar-refractivity contribution is -0.134. The molecular formula is C16H22ClN3O. The molecule has 3 rings (SSSR count). The number of piperazine rings is 1. The van der Waals surface area contributed by atoms with E-state index in [1.165, 1.54) is 6.42 Å². The molecule has 114 valence electrons. The van der Waals surface area contributed by atoms with E-state index in [1.807, 2.05) is 23.1 Å². The molecule has 21 heavy (non-hydrogen) atoms. The van der Waals surface area contributed by atoms with Crippen LogP contribution in [0.3, 0.4) is 0 Å². The molecule has 0 aromatic heterocycles. The molecule has 5 heteroatoms. The maximum Gasteiger partial charge on any atom is 0.239 e. The van der Waals surface area contributed by atoms with E-state index in [1.54, 1.807) is 0 Å². The van der Waals surface area contributed by atoms with Crippen LogP contribution in [0.15, 0.2) is 24.3 Å². The molecule has 1 unspecified atom stereocenters. The summed E-state index contributed by atoms with van der Waals surface area (Å²) < 4.78 is 0. The normalized spacial score (nSPS) is 23.2. The highest BCUT2D eigenvalue weighted by Crippen LogP contribution is 2.21. The summed E-state index contributed by atoms with van der Waals surface area (Å²) in [6.07, 6.45) is 3.32. The highest BCUT2D eigenvalue weighted by Gasteiger charge is 2.28. The lowest BCUT2D eigenvalue weighted by Crippen LogP contribution is -2.55. The van der Waals surface area contributed by atoms with Gasteiger partial charge in [-0.2, -0.15) is 0 Å². The Morgan fingerprint density at radius 3 is 2.67 bits per heavy atom. The first-order valence-electron chi connectivity index (χ1n) is 7.77. The average Bonchev–Trinajstić information content (AvgIpc) is 2.55. The maximum atomic E-state index is 12.5. The fraction of sp³-hybridized carbons (Fsp3) is 0.562. The van der Waals surface area contributed by atoms with Gasteiger partial charge in [0.05, 0.1) is 6.04 Å². The highest BCUT2D eigenvalue weighted by molar-refractivity contribution is 6.30. The van der Waals surface area contributed by atoms with Gasteiger partial charge in [-0.05, 0) is 37.6 Å². The number of nitrogens with one attached hydrogen (secondary N) is 1. The van der Waals surface area contributed by atoms with Gasteiger partial charge in [0.1, 0.15) is 0 Å². The van der Waals surface area contributed by atoms with Crippen LogP contribution in [0.2, 0.25) is 5.02 Å². The molecule has 1 aromatic carbocycles. The Morgan fingerprint density at radius 1 is 1.19 bits per heavy atom. The Balaban J connectivity index is 1.56. The predicted octanol–water partition coefficient (Wildman–Crippen LogP) is 2.13. The van der Waals surface area contributed by atoms with E-state index in [2.05, 4.69) is 16.3 Å². The summed E-state index contributed by atoms with van der Waals surface area (Å²) in [6, 6.07) is 7.96. The van der Waals surface area contributed by atoms with Crippen molar-refractivity contribution >= 4 is 23.2 Å². The van der Waals surface area contributed by atoms with E-state index in [9.17, 15) is 4.79 Å². The summed E-state index contributed by atoms with van der Waals surface area (Å²) in [5.74, 6) is 0.278. The number of carbonyl (C=O) groups excluding carboxylic acids is 1. The van der Waals surface area contributed by atoms with Gasteiger partial charge in [-0.3, -0.25) is 4.79 Å². The van der Waals surface area contributed by atoms with Crippen molar-refractivity contribution in [3.63, 3.8) is 0 Å². The molecule has 2 saturated heterocycles. The summed E-state index contributed by atoms with van der Waals surface area (Å²) >= 11 is 6.05. The molecule has 2 heterocycles. The van der Waals surface area contributed by atoms with E-state index < -0.39 is 0 Å². The maximum absolute atomic E-state index is 12.5. The molecule has 4 nitrogen and oxygen atoms in total. The minimum absolute atomic E-state index is 0.0384. The second-order valence-corrected chi connectivity index (χ2v) is 6.23. The van der Waals surface area contributed by atoms with E-state index in [4.69, 9.17) is 11.6 Å². The fourth-order valence-corrected chi connectivity index (χ4v) is 3.33. The summed E-state index contributed by atoms with van der Waals surface area (Å²) in [5.41, 5.74) is 1.14. The molecule has 1 aromatic rings. The molecule has 2 aliphatic rings. The fourth-order valence-electron chi connectivity index (χ4n) is 3.14. The van der Waals surface area contributed by atoms with Crippen molar-refractivity contribution in [2.75, 3.05) is 37.6 Å². The number of hydrogen-bond donors (Lipinski definition) is 1. The Labute approximate surface area is 131 Å². The number of hydrogen-bond acceptors (Lipinski definition) is 3. The van der Waals surface area contributed by atoms with Crippen molar-refractivity contribution < 1.29 is 4.79 Å². The third-order valence-electron chi connectivity index (χ3n) is 4.37. The van der Waals surface area contributed by atoms with Crippen LogP contribution in [0.25, 0.3) is 0 Å². The van der Waals surface area contributed by atoms with Gasteiger partial charge in [0, 0.05) is 36.9 Å². The predicted molar refractivity (Wildman–Crippen MR) is 85.9 cm³/mol. The van der Waals surface area contributed by atoms with Crippen LogP contribution in [0.5, 0.6) is 0 Å². The van der Waals surface area contributed by atoms with Crippen LogP contribution >= 0.6 is 11.6 Å². The molecule has 0 aliphatic carbocycles. The first-order chi connectivity index (χ1) is 10.2. The number of piperidine rings is 1. The number of nitrogens with zero attached hydrogens (tertiary/aromatic N) is 2. The van der Waals surface area contributed by atoms with E-state index in [-0.39, 0.29) is 11.9 Å². The van der Waals surface area contributed by atoms with Crippen LogP contribution in [0, 0.1) is 0 Å². The molecule has 1 N–H and O–H groups in total. The molecule has 1 atom stereocenters. The first kappa shape index (κ1) is 14.7. The minimum atomic E-state index is 0.0384. The monoisotopic (exact) mass is 307 g/mol. The number of halogens is 1. The van der Waals surface area contributed by atoms with E-state index in [0.717, 1.165) is 56.3 Å². The van der Waals surface area contributed by atoms with Crippen LogP contribution in [-0.4, -0.2) is 49.6 Å². The van der Waals surface area contributed by atoms with Crippen molar-refractivity contribution in [1.29, 1.82) is 0 Å². The van der Waals surface area contributed by atoms with Crippen LogP contribution in [0.4, 0.5) is 5.69 Å². The van der Waals surface area contributed by atoms with Crippen molar-refractivity contribution in [3.05, 3.63) is 29.3 Å². The highest BCUT2D eigenvalue weighted by atomic mass is 35.5. The molecule has 0 bridgehead atoms. The Morgan fingerprint density at radius 2 is 2.00 bits per heavy atom. The summed E-state index contributed by atoms with van der Waals surface area (Å²) in [5, 5.41) is 4.11. The van der Waals surface area contributed by atoms with Crippen molar-refractivity contribution in [2.45, 2.75) is 25.3 Å². The minimum Gasteiger partial charge on any atom is -0.368 e. The molecule has 0 saturated carbocycles. The van der Waals surface area contributed by atoms with Gasteiger partial charge in [-0.15, -0.1) is 0 Å². The SMILES string of the molecule is O=C(C1CCCCN1)N1CCN(c2cccc(Cl)c2)CC1. The van der Waals surface area contributed by atoms with Gasteiger partial charge < -0.3 is 15.1 Å². The molecular weight excluding hydrogens is 286 g/mol. The zero-order valence-electron chi connectivity index (χ0n) is 12.2. The summed E-state index contributed by atoms with van der Waals surface area (Å²) in [4.78, 5) is 16.8. The van der Waals surface area contributed by atoms with Gasteiger partial charge in [0.25, 0.3) is 0 Å². The van der Waals surface area contributed by atoms with Crippen LogP contribution in [-0.2, 0) is 4.79 Å². The zero-order chi connectivity index (χ0) is 14.7. The van der Waals surface area contributed by atoms with Gasteiger partial charge in [0.15, 0.2) is 0 Å². The second kappa shape index (κ2) is 6.67. The van der Waals surface area contributed by atoms with Crippen LogP contribution in [0.1, 0.15) is 19.3 Å². The van der Waals surface area contributed by atoms with E-state index >= 15 is 0 Å². The third-order valence-corrected chi connectivity index (χ3v) is 4.61. The Hall–Kier alpha value is -1.26. The quantitative estimate of drug-likeness (QED) is 0.909. The largest absolute Gasteiger partial charge is 0.368 e. The Bertz CT molecular complexity index is 494. The molecule has 0 spiro atoms. The second-order valence-electron chi connectivity index (χ2n) is 5.79. The van der Waals surface area contributed by atoms with Crippen LogP contribution < -0.4 is 10.2 Å². The summed E-state index contributed by atoms with van der Waals surface area (Å²) in [7, 11) is 0. The molecule has 2 aliphatic heterocycles. The third kappa shape index (κ3) is 3.50. The number of carbonyl (C=O) groups is 1. The smallest absolute Gasteiger partial charge is 0.239 e. The summed E-state index contributed by atoms with van der Waals surface area (Å²) in [6.45, 7) is 4.31. The zero-order valence-corrected chi connectivity index (χ0v) is 13.0. The lowest BCUT2D eigenvalue weighted by Gasteiger charge is -2.38. The number of benzene rings is 1. The number of rotatable bonds is 2. The topological polar surface area (TPSA) is 35.6 Å². The first-order valence-corrected chi connectivity index (χ1v) is 8.14. The molecule has 0 radical (unpaired) electrons. The van der Waals surface area contributed by atoms with Gasteiger partial charge in [-0.1, -0.05) is 24.1 Å². The number of amides is 1.